The maximum Gasteiger partial charge on any atom is 0.333 e. The Morgan fingerprint density at radius 2 is 1.74 bits per heavy atom. The van der Waals surface area contributed by atoms with Crippen LogP contribution >= 0.6 is 0 Å². The van der Waals surface area contributed by atoms with E-state index in [0.717, 1.165) is 29.8 Å². The number of carbonyl (C=O) groups is 1. The second-order valence-electron chi connectivity index (χ2n) is 8.13. The summed E-state index contributed by atoms with van der Waals surface area (Å²) in [5, 5.41) is 19.0. The number of aromatic nitrogens is 1. The summed E-state index contributed by atoms with van der Waals surface area (Å²) in [6.45, 7) is 6.72. The molecule has 1 aliphatic rings. The van der Waals surface area contributed by atoms with Crippen molar-refractivity contribution in [1.29, 1.82) is 0 Å². The molecule has 0 spiro atoms. The van der Waals surface area contributed by atoms with Crippen LogP contribution in [0, 0.1) is 0 Å². The molecule has 10 heteroatoms. The van der Waals surface area contributed by atoms with Gasteiger partial charge in [-0.3, -0.25) is 4.55 Å². The zero-order chi connectivity index (χ0) is 23.0. The predicted octanol–water partition coefficient (Wildman–Crippen LogP) is 2.76. The molecule has 0 atom stereocenters. The fourth-order valence-corrected chi connectivity index (χ4v) is 4.28. The highest BCUT2D eigenvalue weighted by molar-refractivity contribution is 7.85. The summed E-state index contributed by atoms with van der Waals surface area (Å²) in [6.07, 6.45) is 2.26. The SMILES string of the molecule is CC1=[N+](CCCCCC(=O)On2c(O)ccc2O)c2ccc(S(=O)(=O)O)cc2C1(C)C. The molecule has 0 fully saturated rings. The van der Waals surface area contributed by atoms with Crippen molar-refractivity contribution < 1.29 is 37.4 Å². The van der Waals surface area contributed by atoms with Crippen molar-refractivity contribution in [1.82, 2.24) is 4.73 Å². The van der Waals surface area contributed by atoms with Gasteiger partial charge >= 0.3 is 5.97 Å². The maximum atomic E-state index is 11.9. The van der Waals surface area contributed by atoms with E-state index in [1.807, 2.05) is 20.8 Å². The number of fused-ring (bicyclic) bond motifs is 1. The van der Waals surface area contributed by atoms with Crippen LogP contribution in [0.15, 0.2) is 35.2 Å². The van der Waals surface area contributed by atoms with Gasteiger partial charge in [0.1, 0.15) is 6.54 Å². The molecular formula is C21H27N2O7S+. The van der Waals surface area contributed by atoms with Gasteiger partial charge in [0.15, 0.2) is 5.71 Å². The molecule has 0 aliphatic carbocycles. The number of benzene rings is 1. The van der Waals surface area contributed by atoms with Crippen LogP contribution in [0.25, 0.3) is 0 Å². The van der Waals surface area contributed by atoms with Crippen LogP contribution in [0.5, 0.6) is 11.8 Å². The molecule has 0 bridgehead atoms. The maximum absolute atomic E-state index is 11.9. The largest absolute Gasteiger partial charge is 0.492 e. The lowest BCUT2D eigenvalue weighted by Crippen LogP contribution is -2.26. The minimum atomic E-state index is -4.27. The molecule has 3 rings (SSSR count). The van der Waals surface area contributed by atoms with E-state index in [1.54, 1.807) is 6.07 Å². The third-order valence-electron chi connectivity index (χ3n) is 5.79. The van der Waals surface area contributed by atoms with Gasteiger partial charge in [-0.05, 0) is 38.8 Å². The van der Waals surface area contributed by atoms with Crippen LogP contribution in [0.1, 0.15) is 52.0 Å². The molecule has 1 aromatic heterocycles. The van der Waals surface area contributed by atoms with E-state index in [9.17, 15) is 28.0 Å². The predicted molar refractivity (Wildman–Crippen MR) is 113 cm³/mol. The number of carbonyl (C=O) groups excluding carboxylic acids is 1. The van der Waals surface area contributed by atoms with E-state index in [2.05, 4.69) is 4.58 Å². The normalized spacial score (nSPS) is 15.2. The van der Waals surface area contributed by atoms with Crippen LogP contribution in [-0.4, -0.2) is 50.7 Å². The Kier molecular flexibility index (Phi) is 6.15. The van der Waals surface area contributed by atoms with Crippen molar-refractivity contribution in [3.63, 3.8) is 0 Å². The first-order valence-electron chi connectivity index (χ1n) is 9.97. The lowest BCUT2D eigenvalue weighted by molar-refractivity contribution is -0.439. The zero-order valence-corrected chi connectivity index (χ0v) is 18.5. The summed E-state index contributed by atoms with van der Waals surface area (Å²) >= 11 is 0. The molecular weight excluding hydrogens is 424 g/mol. The zero-order valence-electron chi connectivity index (χ0n) is 17.7. The lowest BCUT2D eigenvalue weighted by atomic mass is 9.82. The van der Waals surface area contributed by atoms with E-state index in [1.165, 1.54) is 24.3 Å². The van der Waals surface area contributed by atoms with Crippen LogP contribution in [0.3, 0.4) is 0 Å². The van der Waals surface area contributed by atoms with E-state index >= 15 is 0 Å². The Balaban J connectivity index is 1.58. The van der Waals surface area contributed by atoms with Gasteiger partial charge in [0, 0.05) is 43.5 Å². The molecule has 0 amide bonds. The molecule has 2 aromatic rings. The van der Waals surface area contributed by atoms with Crippen molar-refractivity contribution in [2.45, 2.75) is 56.8 Å². The summed E-state index contributed by atoms with van der Waals surface area (Å²) in [5.41, 5.74) is 2.46. The number of rotatable bonds is 8. The first-order valence-corrected chi connectivity index (χ1v) is 11.4. The molecule has 1 aromatic carbocycles. The van der Waals surface area contributed by atoms with Gasteiger partial charge in [0.25, 0.3) is 10.1 Å². The average molecular weight is 452 g/mol. The van der Waals surface area contributed by atoms with Gasteiger partial charge in [-0.15, -0.1) is 4.73 Å². The molecule has 0 radical (unpaired) electrons. The fourth-order valence-electron chi connectivity index (χ4n) is 3.77. The average Bonchev–Trinajstić information content (AvgIpc) is 3.10. The van der Waals surface area contributed by atoms with Crippen molar-refractivity contribution in [3.05, 3.63) is 35.9 Å². The van der Waals surface area contributed by atoms with Crippen molar-refractivity contribution in [3.8, 4) is 11.8 Å². The number of unbranched alkanes of at least 4 members (excludes halogenated alkanes) is 2. The van der Waals surface area contributed by atoms with Gasteiger partial charge in [-0.1, -0.05) is 0 Å². The molecule has 0 saturated carbocycles. The Morgan fingerprint density at radius 1 is 1.10 bits per heavy atom. The van der Waals surface area contributed by atoms with Gasteiger partial charge in [-0.25, -0.2) is 4.79 Å². The molecule has 2 heterocycles. The van der Waals surface area contributed by atoms with Crippen LogP contribution < -0.4 is 4.84 Å². The van der Waals surface area contributed by atoms with Crippen LogP contribution in [0.4, 0.5) is 5.69 Å². The van der Waals surface area contributed by atoms with Gasteiger partial charge < -0.3 is 15.1 Å². The molecule has 168 valence electrons. The molecule has 0 saturated heterocycles. The highest BCUT2D eigenvalue weighted by Crippen LogP contribution is 2.40. The Hall–Kier alpha value is -2.85. The van der Waals surface area contributed by atoms with Crippen LogP contribution in [0.2, 0.25) is 0 Å². The topological polar surface area (TPSA) is 129 Å². The summed E-state index contributed by atoms with van der Waals surface area (Å²) in [6, 6.07) is 7.07. The third kappa shape index (κ3) is 4.59. The lowest BCUT2D eigenvalue weighted by Gasteiger charge is -2.15. The quantitative estimate of drug-likeness (QED) is 0.320. The number of hydrogen-bond acceptors (Lipinski definition) is 6. The highest BCUT2D eigenvalue weighted by atomic mass is 32.2. The van der Waals surface area contributed by atoms with Crippen molar-refractivity contribution in [2.24, 2.45) is 0 Å². The first-order chi connectivity index (χ1) is 14.4. The van der Waals surface area contributed by atoms with Gasteiger partial charge in [0.2, 0.25) is 17.4 Å². The first kappa shape index (κ1) is 22.8. The fraction of sp³-hybridized carbons (Fsp3) is 0.429. The highest BCUT2D eigenvalue weighted by Gasteiger charge is 2.43. The summed E-state index contributed by atoms with van der Waals surface area (Å²) in [5.74, 6) is -1.27. The summed E-state index contributed by atoms with van der Waals surface area (Å²) in [7, 11) is -4.27. The number of nitrogens with zero attached hydrogens (tertiary/aromatic N) is 2. The van der Waals surface area contributed by atoms with Gasteiger partial charge in [-0.2, -0.15) is 13.0 Å². The molecule has 31 heavy (non-hydrogen) atoms. The van der Waals surface area contributed by atoms with Crippen LogP contribution in [-0.2, 0) is 20.3 Å². The Bertz CT molecular complexity index is 1130. The smallest absolute Gasteiger partial charge is 0.333 e. The monoisotopic (exact) mass is 451 g/mol. The van der Waals surface area contributed by atoms with E-state index in [0.29, 0.717) is 17.7 Å². The van der Waals surface area contributed by atoms with Crippen molar-refractivity contribution in [2.75, 3.05) is 6.54 Å². The molecule has 9 nitrogen and oxygen atoms in total. The number of hydrogen-bond donors (Lipinski definition) is 3. The standard InChI is InChI=1S/C21H26N2O7S/c1-14-21(2,3)16-13-15(31(27,28)29)8-9-17(16)22(14)12-6-4-5-7-20(26)30-23-18(24)10-11-19(23)25/h8-11,13H,4-7,12H2,1-3H3,(H2-,24,25,27,28,29)/p+1. The Labute approximate surface area is 180 Å². The second kappa shape index (κ2) is 8.35. The van der Waals surface area contributed by atoms with E-state index < -0.39 is 16.1 Å². The van der Waals surface area contributed by atoms with Crippen molar-refractivity contribution >= 4 is 27.5 Å². The molecule has 1 aliphatic heterocycles. The second-order valence-corrected chi connectivity index (χ2v) is 9.56. The minimum absolute atomic E-state index is 0.118. The number of aromatic hydroxyl groups is 2. The molecule has 0 unspecified atom stereocenters. The van der Waals surface area contributed by atoms with E-state index in [-0.39, 0.29) is 28.5 Å². The Morgan fingerprint density at radius 3 is 2.35 bits per heavy atom. The van der Waals surface area contributed by atoms with E-state index in [4.69, 9.17) is 4.84 Å². The minimum Gasteiger partial charge on any atom is -0.492 e. The summed E-state index contributed by atoms with van der Waals surface area (Å²) in [4.78, 5) is 16.7. The third-order valence-corrected chi connectivity index (χ3v) is 6.64. The molecule has 3 N–H and O–H groups in total. The summed E-state index contributed by atoms with van der Waals surface area (Å²) < 4.78 is 35.2. The van der Waals surface area contributed by atoms with Gasteiger partial charge in [0.05, 0.1) is 10.3 Å².